The second-order valence-electron chi connectivity index (χ2n) is 3.69. The minimum absolute atomic E-state index is 0.860. The smallest absolute Gasteiger partial charge is 0.383 e. The van der Waals surface area contributed by atoms with Crippen molar-refractivity contribution in [3.63, 3.8) is 0 Å². The second-order valence-corrected chi connectivity index (χ2v) is 8.00. The van der Waals surface area contributed by atoms with Crippen LogP contribution in [0.1, 0.15) is 27.7 Å². The van der Waals surface area contributed by atoms with Gasteiger partial charge in [0.1, 0.15) is 0 Å². The summed E-state index contributed by atoms with van der Waals surface area (Å²) in [6.07, 6.45) is 0. The van der Waals surface area contributed by atoms with Crippen molar-refractivity contribution in [2.24, 2.45) is 0 Å². The molecule has 10 nitrogen and oxygen atoms in total. The Bertz CT molecular complexity index is 463. The Morgan fingerprint density at radius 1 is 0.619 bits per heavy atom. The molecule has 0 unspecified atom stereocenters. The van der Waals surface area contributed by atoms with Gasteiger partial charge >= 0.3 is 39.1 Å². The van der Waals surface area contributed by atoms with Crippen LogP contribution in [0.4, 0.5) is 0 Å². The first-order valence-corrected chi connectivity index (χ1v) is 8.82. The molecule has 0 radical (unpaired) electrons. The van der Waals surface area contributed by atoms with Crippen LogP contribution in [0.25, 0.3) is 0 Å². The van der Waals surface area contributed by atoms with Crippen LogP contribution in [0.2, 0.25) is 0 Å². The van der Waals surface area contributed by atoms with Crippen LogP contribution < -0.4 is 0 Å². The summed E-state index contributed by atoms with van der Waals surface area (Å²) >= 11 is 0. The van der Waals surface area contributed by atoms with Crippen LogP contribution >= 0.6 is 15.2 Å². The Morgan fingerprint density at radius 3 is 0.952 bits per heavy atom. The average Bonchev–Trinajstić information content (AvgIpc) is 2.07. The van der Waals surface area contributed by atoms with E-state index < -0.39 is 45.0 Å². The van der Waals surface area contributed by atoms with Gasteiger partial charge in [0.15, 0.2) is 5.90 Å². The SMILES string of the molecule is CC(=O)OP(=O)(CP(=O)(OC(C)=O)OC(C)=O)OC(C)=O. The number of carbonyl (C=O) groups is 4. The number of hydrogen-bond donors (Lipinski definition) is 0. The lowest BCUT2D eigenvalue weighted by Gasteiger charge is -2.20. The van der Waals surface area contributed by atoms with Crippen LogP contribution in [0.5, 0.6) is 0 Å². The second kappa shape index (κ2) is 7.38. The normalized spacial score (nSPS) is 11.2. The quantitative estimate of drug-likeness (QED) is 0.652. The zero-order valence-corrected chi connectivity index (χ0v) is 13.5. The predicted molar refractivity (Wildman–Crippen MR) is 67.1 cm³/mol. The van der Waals surface area contributed by atoms with E-state index in [-0.39, 0.29) is 0 Å². The molecule has 0 amide bonds. The van der Waals surface area contributed by atoms with Crippen molar-refractivity contribution in [1.82, 2.24) is 0 Å². The maximum Gasteiger partial charge on any atom is 0.449 e. The van der Waals surface area contributed by atoms with Gasteiger partial charge in [-0.05, 0) is 0 Å². The molecule has 0 aromatic heterocycles. The van der Waals surface area contributed by atoms with E-state index in [1.165, 1.54) is 0 Å². The van der Waals surface area contributed by atoms with Gasteiger partial charge in [0.25, 0.3) is 0 Å². The van der Waals surface area contributed by atoms with Gasteiger partial charge in [-0.1, -0.05) is 0 Å². The molecule has 0 atom stereocenters. The van der Waals surface area contributed by atoms with E-state index in [2.05, 4.69) is 18.1 Å². The molecule has 0 aromatic carbocycles. The molecule has 0 aromatic rings. The Morgan fingerprint density at radius 2 is 0.810 bits per heavy atom. The van der Waals surface area contributed by atoms with Crippen LogP contribution in [0, 0.1) is 0 Å². The number of carbonyl (C=O) groups excluding carboxylic acids is 4. The van der Waals surface area contributed by atoms with Gasteiger partial charge in [0, 0.05) is 27.7 Å². The summed E-state index contributed by atoms with van der Waals surface area (Å²) in [6.45, 7) is 3.44. The van der Waals surface area contributed by atoms with Gasteiger partial charge in [-0.15, -0.1) is 0 Å². The molecule has 12 heteroatoms. The summed E-state index contributed by atoms with van der Waals surface area (Å²) in [6, 6.07) is 0. The molecule has 0 aliphatic rings. The van der Waals surface area contributed by atoms with E-state index in [1.54, 1.807) is 0 Å². The first-order chi connectivity index (χ1) is 9.37. The molecule has 0 saturated carbocycles. The lowest BCUT2D eigenvalue weighted by Crippen LogP contribution is -2.12. The topological polar surface area (TPSA) is 139 Å². The molecule has 0 aliphatic heterocycles. The van der Waals surface area contributed by atoms with Gasteiger partial charge in [0.2, 0.25) is 0 Å². The molecule has 0 rings (SSSR count). The fourth-order valence-electron chi connectivity index (χ4n) is 1.15. The van der Waals surface area contributed by atoms with E-state index in [0.717, 1.165) is 27.7 Å². The van der Waals surface area contributed by atoms with Crippen molar-refractivity contribution in [3.8, 4) is 0 Å². The van der Waals surface area contributed by atoms with Gasteiger partial charge in [-0.3, -0.25) is 19.2 Å². The molecule has 0 spiro atoms. The summed E-state index contributed by atoms with van der Waals surface area (Å²) in [5, 5.41) is 0. The Balaban J connectivity index is 5.48. The minimum Gasteiger partial charge on any atom is -0.383 e. The molecular formula is C9H14O10P2. The monoisotopic (exact) mass is 344 g/mol. The summed E-state index contributed by atoms with van der Waals surface area (Å²) in [5.41, 5.74) is 0. The Labute approximate surface area is 120 Å². The van der Waals surface area contributed by atoms with Crippen molar-refractivity contribution < 1.29 is 46.4 Å². The molecule has 120 valence electrons. The standard InChI is InChI=1S/C9H14O10P2/c1-6(10)16-20(14,17-7(2)11)5-21(15,18-8(3)12)19-9(4)13/h5H2,1-4H3. The molecule has 0 saturated heterocycles. The van der Waals surface area contributed by atoms with Crippen LogP contribution in [-0.2, 0) is 46.4 Å². The molecule has 0 bridgehead atoms. The largest absolute Gasteiger partial charge is 0.449 e. The lowest BCUT2D eigenvalue weighted by molar-refractivity contribution is -0.137. The van der Waals surface area contributed by atoms with Gasteiger partial charge in [-0.2, -0.15) is 0 Å². The number of hydrogen-bond acceptors (Lipinski definition) is 10. The van der Waals surface area contributed by atoms with Crippen molar-refractivity contribution >= 4 is 39.1 Å². The van der Waals surface area contributed by atoms with Crippen LogP contribution in [-0.4, -0.2) is 29.8 Å². The van der Waals surface area contributed by atoms with E-state index in [4.69, 9.17) is 0 Å². The maximum absolute atomic E-state index is 12.2. The van der Waals surface area contributed by atoms with E-state index in [1.807, 2.05) is 0 Å². The van der Waals surface area contributed by atoms with Crippen molar-refractivity contribution in [1.29, 1.82) is 0 Å². The van der Waals surface area contributed by atoms with E-state index in [0.29, 0.717) is 0 Å². The molecule has 0 fully saturated rings. The van der Waals surface area contributed by atoms with Gasteiger partial charge in [-0.25, -0.2) is 9.13 Å². The molecule has 0 aliphatic carbocycles. The third-order valence-electron chi connectivity index (χ3n) is 1.42. The zero-order valence-electron chi connectivity index (χ0n) is 11.7. The average molecular weight is 344 g/mol. The van der Waals surface area contributed by atoms with Crippen molar-refractivity contribution in [2.75, 3.05) is 5.90 Å². The number of rotatable bonds is 6. The fourth-order valence-corrected chi connectivity index (χ4v) is 5.41. The van der Waals surface area contributed by atoms with Gasteiger partial charge < -0.3 is 18.1 Å². The highest BCUT2D eigenvalue weighted by molar-refractivity contribution is 7.72. The minimum atomic E-state index is -4.58. The third kappa shape index (κ3) is 8.27. The fraction of sp³-hybridized carbons (Fsp3) is 0.556. The molecular weight excluding hydrogens is 330 g/mol. The highest BCUT2D eigenvalue weighted by Gasteiger charge is 2.45. The van der Waals surface area contributed by atoms with Crippen LogP contribution in [0.15, 0.2) is 0 Å². The zero-order chi connectivity index (χ0) is 16.8. The van der Waals surface area contributed by atoms with E-state index >= 15 is 0 Å². The van der Waals surface area contributed by atoms with Gasteiger partial charge in [0.05, 0.1) is 0 Å². The lowest BCUT2D eigenvalue weighted by atomic mass is 10.9. The van der Waals surface area contributed by atoms with E-state index in [9.17, 15) is 28.3 Å². The highest BCUT2D eigenvalue weighted by Crippen LogP contribution is 2.64. The molecule has 0 heterocycles. The maximum atomic E-state index is 12.2. The van der Waals surface area contributed by atoms with Crippen molar-refractivity contribution in [2.45, 2.75) is 27.7 Å². The first-order valence-electron chi connectivity index (χ1n) is 5.36. The first kappa shape index (κ1) is 19.3. The Hall–Kier alpha value is -1.66. The summed E-state index contributed by atoms with van der Waals surface area (Å²) in [5.74, 6) is -5.67. The summed E-state index contributed by atoms with van der Waals surface area (Å²) < 4.78 is 41.6. The molecule has 0 N–H and O–H groups in total. The Kier molecular flexibility index (Phi) is 6.79. The third-order valence-corrected chi connectivity index (χ3v) is 6.33. The summed E-state index contributed by atoms with van der Waals surface area (Å²) in [4.78, 5) is 43.5. The predicted octanol–water partition coefficient (Wildman–Crippen LogP) is 1.58. The van der Waals surface area contributed by atoms with Crippen LogP contribution in [0.3, 0.4) is 0 Å². The van der Waals surface area contributed by atoms with Crippen molar-refractivity contribution in [3.05, 3.63) is 0 Å². The molecule has 21 heavy (non-hydrogen) atoms. The highest BCUT2D eigenvalue weighted by atomic mass is 31.2. The summed E-state index contributed by atoms with van der Waals surface area (Å²) in [7, 11) is -9.16.